The van der Waals surface area contributed by atoms with Crippen molar-refractivity contribution < 1.29 is 13.2 Å². The van der Waals surface area contributed by atoms with Crippen molar-refractivity contribution in [3.05, 3.63) is 76.6 Å². The maximum Gasteiger partial charge on any atom is 0.241 e. The van der Waals surface area contributed by atoms with Gasteiger partial charge in [0, 0.05) is 24.7 Å². The number of benzene rings is 2. The lowest BCUT2D eigenvalue weighted by molar-refractivity contribution is -0.119. The van der Waals surface area contributed by atoms with Crippen molar-refractivity contribution in [1.29, 1.82) is 0 Å². The van der Waals surface area contributed by atoms with Gasteiger partial charge in [-0.15, -0.1) is 5.10 Å². The van der Waals surface area contributed by atoms with Crippen LogP contribution in [0.15, 0.2) is 53.6 Å². The first kappa shape index (κ1) is 27.0. The highest BCUT2D eigenvalue weighted by atomic mass is 32.2. The van der Waals surface area contributed by atoms with Gasteiger partial charge >= 0.3 is 0 Å². The summed E-state index contributed by atoms with van der Waals surface area (Å²) in [5, 5.41) is 12.1. The molecule has 3 aromatic rings. The van der Waals surface area contributed by atoms with Crippen LogP contribution in [0, 0.1) is 6.92 Å². The summed E-state index contributed by atoms with van der Waals surface area (Å²) in [5.41, 5.74) is 10.8. The summed E-state index contributed by atoms with van der Waals surface area (Å²) in [6.45, 7) is 9.13. The van der Waals surface area contributed by atoms with Crippen LogP contribution in [-0.4, -0.2) is 40.9 Å². The topological polar surface area (TPSA) is 132 Å². The summed E-state index contributed by atoms with van der Waals surface area (Å²) < 4.78 is 29.8. The fourth-order valence-electron chi connectivity index (χ4n) is 4.54. The summed E-state index contributed by atoms with van der Waals surface area (Å²) in [7, 11) is -3.92. The molecule has 37 heavy (non-hydrogen) atoms. The summed E-state index contributed by atoms with van der Waals surface area (Å²) in [5.74, 6) is -0.773. The molecule has 1 aliphatic carbocycles. The number of aryl methyl sites for hydroxylation is 2. The molecule has 9 nitrogen and oxygen atoms in total. The van der Waals surface area contributed by atoms with Gasteiger partial charge in [0.15, 0.2) is 0 Å². The fraction of sp³-hybridized carbons (Fsp3) is 0.444. The van der Waals surface area contributed by atoms with Gasteiger partial charge in [-0.2, -0.15) is 4.72 Å². The summed E-state index contributed by atoms with van der Waals surface area (Å²) in [6, 6.07) is 11.9. The minimum atomic E-state index is -3.92. The van der Waals surface area contributed by atoms with Crippen LogP contribution in [0.1, 0.15) is 67.6 Å². The van der Waals surface area contributed by atoms with Gasteiger partial charge in [0.1, 0.15) is 6.04 Å². The first-order chi connectivity index (χ1) is 17.4. The van der Waals surface area contributed by atoms with E-state index in [1.165, 1.54) is 28.8 Å². The highest BCUT2D eigenvalue weighted by Crippen LogP contribution is 2.33. The molecule has 198 valence electrons. The molecule has 0 aliphatic heterocycles. The molecule has 0 radical (unpaired) electrons. The van der Waals surface area contributed by atoms with Crippen molar-refractivity contribution in [1.82, 2.24) is 25.0 Å². The van der Waals surface area contributed by atoms with Crippen molar-refractivity contribution in [2.75, 3.05) is 0 Å². The van der Waals surface area contributed by atoms with E-state index in [0.29, 0.717) is 5.69 Å². The monoisotopic (exact) mass is 524 g/mol. The Bertz CT molecular complexity index is 1360. The Morgan fingerprint density at radius 3 is 2.59 bits per heavy atom. The average molecular weight is 525 g/mol. The number of nitrogens with two attached hydrogens (primary N) is 1. The van der Waals surface area contributed by atoms with E-state index in [9.17, 15) is 13.2 Å². The van der Waals surface area contributed by atoms with Gasteiger partial charge in [0.05, 0.1) is 16.6 Å². The van der Waals surface area contributed by atoms with Gasteiger partial charge in [0.25, 0.3) is 0 Å². The zero-order chi connectivity index (χ0) is 26.8. The Kier molecular flexibility index (Phi) is 7.82. The second-order valence-electron chi connectivity index (χ2n) is 10.8. The second kappa shape index (κ2) is 10.7. The van der Waals surface area contributed by atoms with Crippen LogP contribution in [0.25, 0.3) is 0 Å². The zero-order valence-corrected chi connectivity index (χ0v) is 22.7. The van der Waals surface area contributed by atoms with Crippen LogP contribution in [0.3, 0.4) is 0 Å². The molecule has 0 fully saturated rings. The first-order valence-corrected chi connectivity index (χ1v) is 14.1. The molecule has 4 N–H and O–H groups in total. The third-order valence-corrected chi connectivity index (χ3v) is 8.06. The standard InChI is InChI=1S/C27H36N6O3S/c1-18-8-11-22(12-9-18)37(35,36)31-24(26(28)34)15-21-17-33(32-30-21)25-7-5-6-20-14-19(10-13-23(20)25)16-29-27(2,3)4/h8-14,17,24-25,29,31H,5-7,15-16H2,1-4H3,(H2,28,34)/t24-,25?/m1/s1. The van der Waals surface area contributed by atoms with Gasteiger partial charge in [0.2, 0.25) is 15.9 Å². The predicted octanol–water partition coefficient (Wildman–Crippen LogP) is 2.78. The minimum Gasteiger partial charge on any atom is -0.368 e. The number of aromatic nitrogens is 3. The molecular formula is C27H36N6O3S. The van der Waals surface area contributed by atoms with Crippen LogP contribution >= 0.6 is 0 Å². The smallest absolute Gasteiger partial charge is 0.241 e. The number of sulfonamides is 1. The highest BCUT2D eigenvalue weighted by molar-refractivity contribution is 7.89. The number of rotatable bonds is 9. The predicted molar refractivity (Wildman–Crippen MR) is 142 cm³/mol. The molecule has 2 atom stereocenters. The number of nitrogens with one attached hydrogen (secondary N) is 2. The zero-order valence-electron chi connectivity index (χ0n) is 21.9. The van der Waals surface area contributed by atoms with Gasteiger partial charge in [-0.1, -0.05) is 41.1 Å². The number of nitrogens with zero attached hydrogens (tertiary/aromatic N) is 3. The Labute approximate surface area is 218 Å². The van der Waals surface area contributed by atoms with E-state index >= 15 is 0 Å². The van der Waals surface area contributed by atoms with Crippen LogP contribution in [0.4, 0.5) is 0 Å². The van der Waals surface area contributed by atoms with Crippen molar-refractivity contribution in [3.63, 3.8) is 0 Å². The molecule has 0 saturated carbocycles. The molecule has 1 unspecified atom stereocenters. The number of carbonyl (C=O) groups excluding carboxylic acids is 1. The highest BCUT2D eigenvalue weighted by Gasteiger charge is 2.27. The summed E-state index contributed by atoms with van der Waals surface area (Å²) >= 11 is 0. The molecular weight excluding hydrogens is 488 g/mol. The van der Waals surface area contributed by atoms with Gasteiger partial charge in [-0.25, -0.2) is 13.1 Å². The number of primary amides is 1. The molecule has 2 aromatic carbocycles. The Morgan fingerprint density at radius 1 is 1.19 bits per heavy atom. The van der Waals surface area contributed by atoms with Crippen LogP contribution in [0.5, 0.6) is 0 Å². The number of amides is 1. The third-order valence-electron chi connectivity index (χ3n) is 6.58. The Hall–Kier alpha value is -3.08. The molecule has 1 aliphatic rings. The number of hydrogen-bond acceptors (Lipinski definition) is 6. The van der Waals surface area contributed by atoms with E-state index in [-0.39, 0.29) is 22.9 Å². The van der Waals surface area contributed by atoms with Crippen molar-refractivity contribution in [2.45, 2.75) is 82.4 Å². The van der Waals surface area contributed by atoms with E-state index in [4.69, 9.17) is 5.73 Å². The molecule has 0 saturated heterocycles. The van der Waals surface area contributed by atoms with Crippen molar-refractivity contribution in [3.8, 4) is 0 Å². The second-order valence-corrected chi connectivity index (χ2v) is 12.5. The van der Waals surface area contributed by atoms with Gasteiger partial charge in [-0.05, 0) is 75.8 Å². The van der Waals surface area contributed by atoms with E-state index in [2.05, 4.69) is 59.3 Å². The van der Waals surface area contributed by atoms with E-state index < -0.39 is 22.0 Å². The molecule has 1 aromatic heterocycles. The number of hydrogen-bond donors (Lipinski definition) is 3. The maximum atomic E-state index is 12.8. The van der Waals surface area contributed by atoms with E-state index in [1.807, 2.05) is 11.6 Å². The van der Waals surface area contributed by atoms with E-state index in [0.717, 1.165) is 31.4 Å². The van der Waals surface area contributed by atoms with E-state index in [1.54, 1.807) is 18.3 Å². The lowest BCUT2D eigenvalue weighted by atomic mass is 9.86. The molecule has 1 amide bonds. The normalized spacial score (nSPS) is 16.8. The van der Waals surface area contributed by atoms with Crippen LogP contribution in [-0.2, 0) is 34.2 Å². The Morgan fingerprint density at radius 2 is 1.92 bits per heavy atom. The lowest BCUT2D eigenvalue weighted by Crippen LogP contribution is -2.45. The van der Waals surface area contributed by atoms with Crippen LogP contribution < -0.4 is 15.8 Å². The molecule has 4 rings (SSSR count). The molecule has 0 bridgehead atoms. The largest absolute Gasteiger partial charge is 0.368 e. The van der Waals surface area contributed by atoms with Gasteiger partial charge in [-0.3, -0.25) is 4.79 Å². The third kappa shape index (κ3) is 6.82. The summed E-state index contributed by atoms with van der Waals surface area (Å²) in [4.78, 5) is 12.2. The summed E-state index contributed by atoms with van der Waals surface area (Å²) in [6.07, 6.45) is 4.77. The average Bonchev–Trinajstić information content (AvgIpc) is 3.30. The van der Waals surface area contributed by atoms with Crippen LogP contribution in [0.2, 0.25) is 0 Å². The molecule has 10 heteroatoms. The minimum absolute atomic E-state index is 0.0113. The number of carbonyl (C=O) groups is 1. The number of fused-ring (bicyclic) bond motifs is 1. The van der Waals surface area contributed by atoms with Crippen molar-refractivity contribution >= 4 is 15.9 Å². The Balaban J connectivity index is 1.49. The first-order valence-electron chi connectivity index (χ1n) is 12.6. The lowest BCUT2D eigenvalue weighted by Gasteiger charge is -2.27. The fourth-order valence-corrected chi connectivity index (χ4v) is 5.74. The molecule has 0 spiro atoms. The SMILES string of the molecule is Cc1ccc(S(=O)(=O)N[C@H](Cc2cn(C3CCCc4cc(CNC(C)(C)C)ccc43)nn2)C(N)=O)cc1. The van der Waals surface area contributed by atoms with Gasteiger partial charge < -0.3 is 11.1 Å². The maximum absolute atomic E-state index is 12.8. The quantitative estimate of drug-likeness (QED) is 0.394. The van der Waals surface area contributed by atoms with Crippen molar-refractivity contribution in [2.24, 2.45) is 5.73 Å². The molecule has 1 heterocycles.